The molecule has 1 atom stereocenters. The van der Waals surface area contributed by atoms with Gasteiger partial charge in [0.2, 0.25) is 0 Å². The van der Waals surface area contributed by atoms with Crippen LogP contribution in [0, 0.1) is 11.8 Å². The summed E-state index contributed by atoms with van der Waals surface area (Å²) in [5, 5.41) is 10.3. The predicted molar refractivity (Wildman–Crippen MR) is 58.8 cm³/mol. The van der Waals surface area contributed by atoms with Crippen LogP contribution in [0.25, 0.3) is 0 Å². The highest BCUT2D eigenvalue weighted by Crippen LogP contribution is 2.24. The first-order valence-electron chi connectivity index (χ1n) is 5.10. The SMILES string of the molecule is CC(CCCl)C1CCNCC1.O=CO. The maximum Gasteiger partial charge on any atom is 0.290 e. The molecule has 1 heterocycles. The first kappa shape index (κ1) is 13.7. The molecule has 0 saturated carbocycles. The molecule has 4 heteroatoms. The molecule has 1 unspecified atom stereocenters. The molecule has 1 aliphatic rings. The van der Waals surface area contributed by atoms with E-state index in [0.29, 0.717) is 0 Å². The Hall–Kier alpha value is -0.280. The van der Waals surface area contributed by atoms with Gasteiger partial charge in [-0.15, -0.1) is 11.6 Å². The normalized spacial score (nSPS) is 19.3. The van der Waals surface area contributed by atoms with Crippen LogP contribution in [-0.2, 0) is 4.79 Å². The van der Waals surface area contributed by atoms with E-state index in [1.54, 1.807) is 0 Å². The van der Waals surface area contributed by atoms with Gasteiger partial charge >= 0.3 is 0 Å². The van der Waals surface area contributed by atoms with Crippen molar-refractivity contribution in [2.24, 2.45) is 11.8 Å². The Labute approximate surface area is 90.8 Å². The lowest BCUT2D eigenvalue weighted by atomic mass is 9.85. The Bertz CT molecular complexity index is 138. The Morgan fingerprint density at radius 3 is 2.50 bits per heavy atom. The molecule has 0 aromatic rings. The summed E-state index contributed by atoms with van der Waals surface area (Å²) >= 11 is 5.70. The van der Waals surface area contributed by atoms with Crippen LogP contribution >= 0.6 is 11.6 Å². The third-order valence-electron chi connectivity index (χ3n) is 2.75. The van der Waals surface area contributed by atoms with E-state index >= 15 is 0 Å². The lowest BCUT2D eigenvalue weighted by Crippen LogP contribution is -2.30. The van der Waals surface area contributed by atoms with Crippen LogP contribution in [0.5, 0.6) is 0 Å². The van der Waals surface area contributed by atoms with Gasteiger partial charge in [0.05, 0.1) is 0 Å². The van der Waals surface area contributed by atoms with Gasteiger partial charge in [0, 0.05) is 5.88 Å². The average molecular weight is 222 g/mol. The van der Waals surface area contributed by atoms with E-state index in [1.165, 1.54) is 32.4 Å². The number of carbonyl (C=O) groups is 1. The van der Waals surface area contributed by atoms with Crippen LogP contribution < -0.4 is 5.32 Å². The third-order valence-corrected chi connectivity index (χ3v) is 2.97. The standard InChI is InChI=1S/C9H18ClN.CH2O2/c1-8(2-5-10)9-3-6-11-7-4-9;2-1-3/h8-9,11H,2-7H2,1H3;1H,(H,2,3). The van der Waals surface area contributed by atoms with Crippen LogP contribution in [0.1, 0.15) is 26.2 Å². The van der Waals surface area contributed by atoms with Gasteiger partial charge in [-0.05, 0) is 44.2 Å². The quantitative estimate of drug-likeness (QED) is 0.566. The van der Waals surface area contributed by atoms with Crippen LogP contribution in [0.2, 0.25) is 0 Å². The van der Waals surface area contributed by atoms with E-state index in [-0.39, 0.29) is 6.47 Å². The molecule has 1 saturated heterocycles. The van der Waals surface area contributed by atoms with E-state index in [2.05, 4.69) is 12.2 Å². The minimum absolute atomic E-state index is 0.250. The van der Waals surface area contributed by atoms with Gasteiger partial charge in [-0.2, -0.15) is 0 Å². The fourth-order valence-electron chi connectivity index (χ4n) is 1.82. The van der Waals surface area contributed by atoms with Crippen molar-refractivity contribution in [1.29, 1.82) is 0 Å². The molecule has 1 aliphatic heterocycles. The molecule has 0 aliphatic carbocycles. The van der Waals surface area contributed by atoms with Gasteiger partial charge in [-0.25, -0.2) is 0 Å². The first-order chi connectivity index (χ1) is 6.76. The summed E-state index contributed by atoms with van der Waals surface area (Å²) in [5.74, 6) is 2.58. The lowest BCUT2D eigenvalue weighted by molar-refractivity contribution is -0.122. The third kappa shape index (κ3) is 6.22. The molecule has 0 spiro atoms. The number of rotatable bonds is 3. The fourth-order valence-corrected chi connectivity index (χ4v) is 2.17. The van der Waals surface area contributed by atoms with Crippen LogP contribution in [0.4, 0.5) is 0 Å². The fraction of sp³-hybridized carbons (Fsp3) is 0.900. The molecular weight excluding hydrogens is 202 g/mol. The molecule has 1 rings (SSSR count). The van der Waals surface area contributed by atoms with Crippen molar-refractivity contribution in [3.63, 3.8) is 0 Å². The van der Waals surface area contributed by atoms with Crippen LogP contribution in [0.15, 0.2) is 0 Å². The second kappa shape index (κ2) is 9.28. The van der Waals surface area contributed by atoms with Crippen molar-refractivity contribution < 1.29 is 9.90 Å². The minimum atomic E-state index is -0.250. The molecule has 0 bridgehead atoms. The Morgan fingerprint density at radius 2 is 2.07 bits per heavy atom. The summed E-state index contributed by atoms with van der Waals surface area (Å²) in [6.45, 7) is 4.49. The number of alkyl halides is 1. The summed E-state index contributed by atoms with van der Waals surface area (Å²) in [4.78, 5) is 8.36. The van der Waals surface area contributed by atoms with Gasteiger partial charge in [-0.1, -0.05) is 6.92 Å². The second-order valence-electron chi connectivity index (χ2n) is 3.65. The molecule has 0 aromatic carbocycles. The zero-order valence-electron chi connectivity index (χ0n) is 8.71. The number of hydrogen-bond donors (Lipinski definition) is 2. The molecule has 2 N–H and O–H groups in total. The van der Waals surface area contributed by atoms with E-state index in [1.807, 2.05) is 0 Å². The number of piperidine rings is 1. The topological polar surface area (TPSA) is 49.3 Å². The van der Waals surface area contributed by atoms with E-state index in [4.69, 9.17) is 21.5 Å². The van der Waals surface area contributed by atoms with Crippen molar-refractivity contribution in [1.82, 2.24) is 5.32 Å². The van der Waals surface area contributed by atoms with Crippen molar-refractivity contribution in [3.8, 4) is 0 Å². The second-order valence-corrected chi connectivity index (χ2v) is 4.03. The zero-order valence-corrected chi connectivity index (χ0v) is 9.46. The van der Waals surface area contributed by atoms with Crippen molar-refractivity contribution in [2.45, 2.75) is 26.2 Å². The maximum atomic E-state index is 8.36. The van der Waals surface area contributed by atoms with Crippen molar-refractivity contribution in [2.75, 3.05) is 19.0 Å². The predicted octanol–water partition coefficient (Wildman–Crippen LogP) is 1.95. The van der Waals surface area contributed by atoms with E-state index in [9.17, 15) is 0 Å². The monoisotopic (exact) mass is 221 g/mol. The molecule has 0 amide bonds. The van der Waals surface area contributed by atoms with E-state index in [0.717, 1.165) is 17.7 Å². The van der Waals surface area contributed by atoms with Crippen LogP contribution in [0.3, 0.4) is 0 Å². The Morgan fingerprint density at radius 1 is 1.57 bits per heavy atom. The highest BCUT2D eigenvalue weighted by molar-refractivity contribution is 6.17. The molecular formula is C10H20ClNO2. The summed E-state index contributed by atoms with van der Waals surface area (Å²) < 4.78 is 0. The molecule has 1 fully saturated rings. The number of halogens is 1. The molecule has 3 nitrogen and oxygen atoms in total. The highest BCUT2D eigenvalue weighted by Gasteiger charge is 2.18. The lowest BCUT2D eigenvalue weighted by Gasteiger charge is -2.27. The number of hydrogen-bond acceptors (Lipinski definition) is 2. The summed E-state index contributed by atoms with van der Waals surface area (Å²) in [7, 11) is 0. The average Bonchev–Trinajstić information content (AvgIpc) is 2.21. The van der Waals surface area contributed by atoms with Gasteiger partial charge in [0.1, 0.15) is 0 Å². The van der Waals surface area contributed by atoms with Gasteiger partial charge in [0.15, 0.2) is 0 Å². The molecule has 14 heavy (non-hydrogen) atoms. The van der Waals surface area contributed by atoms with Crippen LogP contribution in [-0.4, -0.2) is 30.5 Å². The summed E-state index contributed by atoms with van der Waals surface area (Å²) in [5.41, 5.74) is 0. The zero-order chi connectivity index (χ0) is 10.8. The molecule has 0 radical (unpaired) electrons. The number of nitrogens with one attached hydrogen (secondary N) is 1. The molecule has 84 valence electrons. The number of carboxylic acid groups (broad SMARTS) is 1. The van der Waals surface area contributed by atoms with Gasteiger partial charge < -0.3 is 10.4 Å². The van der Waals surface area contributed by atoms with Crippen molar-refractivity contribution >= 4 is 18.1 Å². The van der Waals surface area contributed by atoms with Gasteiger partial charge in [-0.3, -0.25) is 4.79 Å². The maximum absolute atomic E-state index is 8.36. The first-order valence-corrected chi connectivity index (χ1v) is 5.64. The molecule has 0 aromatic heterocycles. The summed E-state index contributed by atoms with van der Waals surface area (Å²) in [6, 6.07) is 0. The van der Waals surface area contributed by atoms with Gasteiger partial charge in [0.25, 0.3) is 6.47 Å². The highest BCUT2D eigenvalue weighted by atomic mass is 35.5. The Kier molecular flexibility index (Phi) is 9.10. The van der Waals surface area contributed by atoms with E-state index < -0.39 is 0 Å². The summed E-state index contributed by atoms with van der Waals surface area (Å²) in [6.07, 6.45) is 3.88. The Balaban J connectivity index is 0.000000500. The largest absolute Gasteiger partial charge is 0.483 e. The smallest absolute Gasteiger partial charge is 0.290 e. The van der Waals surface area contributed by atoms with Crippen molar-refractivity contribution in [3.05, 3.63) is 0 Å². The minimum Gasteiger partial charge on any atom is -0.483 e.